The number of hydrogen-bond acceptors (Lipinski definition) is 3. The highest BCUT2D eigenvalue weighted by atomic mass is 35.5. The fourth-order valence-corrected chi connectivity index (χ4v) is 3.24. The van der Waals surface area contributed by atoms with E-state index in [1.807, 2.05) is 18.2 Å². The van der Waals surface area contributed by atoms with Gasteiger partial charge in [-0.15, -0.1) is 0 Å². The van der Waals surface area contributed by atoms with E-state index >= 15 is 0 Å². The van der Waals surface area contributed by atoms with E-state index in [2.05, 4.69) is 22.3 Å². The van der Waals surface area contributed by atoms with E-state index < -0.39 is 5.91 Å². The zero-order valence-corrected chi connectivity index (χ0v) is 15.6. The fraction of sp³-hybridized carbons (Fsp3) is 0.263. The molecule has 0 spiro atoms. The standard InChI is InChI=1S/C19H19Cl2N3O2/c20-15-7-4-8-16(19(15)21)22-17(25)13-18(26)24-11-9-23(10-12-24)14-5-2-1-3-6-14/h1-8H,9-13H2,(H,22,25). The Labute approximate surface area is 162 Å². The maximum absolute atomic E-state index is 12.4. The van der Waals surface area contributed by atoms with Crippen LogP contribution in [-0.4, -0.2) is 42.9 Å². The molecule has 1 N–H and O–H groups in total. The summed E-state index contributed by atoms with van der Waals surface area (Å²) in [5, 5.41) is 3.27. The molecule has 0 unspecified atom stereocenters. The molecule has 0 aromatic heterocycles. The lowest BCUT2D eigenvalue weighted by atomic mass is 10.2. The topological polar surface area (TPSA) is 52.7 Å². The molecule has 2 amide bonds. The molecule has 26 heavy (non-hydrogen) atoms. The summed E-state index contributed by atoms with van der Waals surface area (Å²) in [5.41, 5.74) is 1.55. The molecule has 1 aliphatic heterocycles. The first kappa shape index (κ1) is 18.5. The number of carbonyl (C=O) groups excluding carboxylic acids is 2. The maximum atomic E-state index is 12.4. The molecule has 1 heterocycles. The van der Waals surface area contributed by atoms with Crippen molar-refractivity contribution < 1.29 is 9.59 Å². The van der Waals surface area contributed by atoms with Crippen LogP contribution in [0.5, 0.6) is 0 Å². The fourth-order valence-electron chi connectivity index (χ4n) is 2.90. The molecule has 0 saturated carbocycles. The van der Waals surface area contributed by atoms with E-state index in [9.17, 15) is 9.59 Å². The number of piperazine rings is 1. The van der Waals surface area contributed by atoms with Crippen molar-refractivity contribution >= 4 is 46.4 Å². The molecule has 0 bridgehead atoms. The first-order valence-electron chi connectivity index (χ1n) is 8.36. The van der Waals surface area contributed by atoms with E-state index in [1.54, 1.807) is 23.1 Å². The van der Waals surface area contributed by atoms with Crippen molar-refractivity contribution in [2.75, 3.05) is 36.4 Å². The number of benzene rings is 2. The highest BCUT2D eigenvalue weighted by Crippen LogP contribution is 2.29. The van der Waals surface area contributed by atoms with Crippen molar-refractivity contribution in [3.8, 4) is 0 Å². The first-order valence-corrected chi connectivity index (χ1v) is 9.12. The van der Waals surface area contributed by atoms with Crippen LogP contribution in [0.4, 0.5) is 11.4 Å². The summed E-state index contributed by atoms with van der Waals surface area (Å²) < 4.78 is 0. The number of rotatable bonds is 4. The second-order valence-corrected chi connectivity index (χ2v) is 6.81. The van der Waals surface area contributed by atoms with Gasteiger partial charge in [0.25, 0.3) is 0 Å². The Bertz CT molecular complexity index is 791. The van der Waals surface area contributed by atoms with Gasteiger partial charge in [0.05, 0.1) is 15.7 Å². The SMILES string of the molecule is O=C(CC(=O)N1CCN(c2ccccc2)CC1)Nc1cccc(Cl)c1Cl. The van der Waals surface area contributed by atoms with Gasteiger partial charge in [0, 0.05) is 31.9 Å². The minimum atomic E-state index is -0.398. The maximum Gasteiger partial charge on any atom is 0.233 e. The molecule has 2 aromatic carbocycles. The van der Waals surface area contributed by atoms with Crippen LogP contribution in [0, 0.1) is 0 Å². The molecule has 0 aliphatic carbocycles. The van der Waals surface area contributed by atoms with Crippen molar-refractivity contribution in [2.45, 2.75) is 6.42 Å². The highest BCUT2D eigenvalue weighted by Gasteiger charge is 2.23. The smallest absolute Gasteiger partial charge is 0.233 e. The van der Waals surface area contributed by atoms with Gasteiger partial charge in [-0.2, -0.15) is 0 Å². The molecule has 1 fully saturated rings. The Hall–Kier alpha value is -2.24. The predicted molar refractivity (Wildman–Crippen MR) is 105 cm³/mol. The van der Waals surface area contributed by atoms with E-state index in [0.717, 1.165) is 18.8 Å². The molecule has 3 rings (SSSR count). The van der Waals surface area contributed by atoms with Gasteiger partial charge < -0.3 is 15.1 Å². The number of nitrogens with zero attached hydrogens (tertiary/aromatic N) is 2. The number of halogens is 2. The molecule has 7 heteroatoms. The van der Waals surface area contributed by atoms with Gasteiger partial charge in [-0.3, -0.25) is 9.59 Å². The summed E-state index contributed by atoms with van der Waals surface area (Å²) >= 11 is 12.0. The number of para-hydroxylation sites is 1. The van der Waals surface area contributed by atoms with Gasteiger partial charge >= 0.3 is 0 Å². The molecular formula is C19H19Cl2N3O2. The van der Waals surface area contributed by atoms with Gasteiger partial charge in [0.15, 0.2) is 0 Å². The molecule has 0 radical (unpaired) electrons. The van der Waals surface area contributed by atoms with Crippen LogP contribution in [0.15, 0.2) is 48.5 Å². The molecule has 136 valence electrons. The van der Waals surface area contributed by atoms with E-state index in [0.29, 0.717) is 23.8 Å². The van der Waals surface area contributed by atoms with Gasteiger partial charge in [-0.1, -0.05) is 47.5 Å². The molecule has 5 nitrogen and oxygen atoms in total. The van der Waals surface area contributed by atoms with E-state index in [1.165, 1.54) is 0 Å². The van der Waals surface area contributed by atoms with Gasteiger partial charge in [0.2, 0.25) is 11.8 Å². The van der Waals surface area contributed by atoms with Crippen molar-refractivity contribution in [3.63, 3.8) is 0 Å². The quantitative estimate of drug-likeness (QED) is 0.808. The molecular weight excluding hydrogens is 373 g/mol. The van der Waals surface area contributed by atoms with Crippen LogP contribution in [0.3, 0.4) is 0 Å². The second kappa shape index (κ2) is 8.43. The Morgan fingerprint density at radius 2 is 1.62 bits per heavy atom. The highest BCUT2D eigenvalue weighted by molar-refractivity contribution is 6.44. The van der Waals surface area contributed by atoms with Crippen molar-refractivity contribution in [3.05, 3.63) is 58.6 Å². The zero-order chi connectivity index (χ0) is 18.5. The summed E-state index contributed by atoms with van der Waals surface area (Å²) in [7, 11) is 0. The minimum Gasteiger partial charge on any atom is -0.368 e. The number of hydrogen-bond donors (Lipinski definition) is 1. The lowest BCUT2D eigenvalue weighted by molar-refractivity contribution is -0.134. The van der Waals surface area contributed by atoms with Gasteiger partial charge in [-0.25, -0.2) is 0 Å². The third kappa shape index (κ3) is 4.48. The summed E-state index contributed by atoms with van der Waals surface area (Å²) in [4.78, 5) is 28.5. The van der Waals surface area contributed by atoms with E-state index in [-0.39, 0.29) is 17.4 Å². The Balaban J connectivity index is 1.51. The van der Waals surface area contributed by atoms with Crippen LogP contribution in [0.2, 0.25) is 10.0 Å². The van der Waals surface area contributed by atoms with Gasteiger partial charge in [0.1, 0.15) is 6.42 Å². The largest absolute Gasteiger partial charge is 0.368 e. The summed E-state index contributed by atoms with van der Waals surface area (Å²) in [6.45, 7) is 2.69. The van der Waals surface area contributed by atoms with E-state index in [4.69, 9.17) is 23.2 Å². The monoisotopic (exact) mass is 391 g/mol. The molecule has 1 aliphatic rings. The summed E-state index contributed by atoms with van der Waals surface area (Å²) in [5.74, 6) is -0.585. The van der Waals surface area contributed by atoms with Gasteiger partial charge in [-0.05, 0) is 24.3 Å². The van der Waals surface area contributed by atoms with Crippen LogP contribution < -0.4 is 10.2 Å². The number of nitrogens with one attached hydrogen (secondary N) is 1. The lowest BCUT2D eigenvalue weighted by Gasteiger charge is -2.36. The normalized spacial score (nSPS) is 14.2. The Kier molecular flexibility index (Phi) is 6.01. The second-order valence-electron chi connectivity index (χ2n) is 6.03. The van der Waals surface area contributed by atoms with Crippen LogP contribution >= 0.6 is 23.2 Å². The minimum absolute atomic E-state index is 0.187. The average Bonchev–Trinajstić information content (AvgIpc) is 2.66. The Morgan fingerprint density at radius 1 is 0.923 bits per heavy atom. The van der Waals surface area contributed by atoms with Crippen LogP contribution in [0.25, 0.3) is 0 Å². The van der Waals surface area contributed by atoms with Crippen molar-refractivity contribution in [1.82, 2.24) is 4.90 Å². The van der Waals surface area contributed by atoms with Crippen molar-refractivity contribution in [1.29, 1.82) is 0 Å². The predicted octanol–water partition coefficient (Wildman–Crippen LogP) is 3.67. The number of carbonyl (C=O) groups is 2. The summed E-state index contributed by atoms with van der Waals surface area (Å²) in [6, 6.07) is 15.1. The Morgan fingerprint density at radius 3 is 2.31 bits per heavy atom. The molecule has 0 atom stereocenters. The van der Waals surface area contributed by atoms with Crippen LogP contribution in [0.1, 0.15) is 6.42 Å². The molecule has 1 saturated heterocycles. The number of amides is 2. The summed E-state index contributed by atoms with van der Waals surface area (Å²) in [6.07, 6.45) is -0.214. The van der Waals surface area contributed by atoms with Crippen molar-refractivity contribution in [2.24, 2.45) is 0 Å². The zero-order valence-electron chi connectivity index (χ0n) is 14.1. The van der Waals surface area contributed by atoms with Crippen LogP contribution in [-0.2, 0) is 9.59 Å². The third-order valence-corrected chi connectivity index (χ3v) is 5.11. The first-order chi connectivity index (χ1) is 12.5. The average molecular weight is 392 g/mol. The molecule has 2 aromatic rings. The lowest BCUT2D eigenvalue weighted by Crippen LogP contribution is -2.49. The third-order valence-electron chi connectivity index (χ3n) is 4.29. The number of anilines is 2.